The summed E-state index contributed by atoms with van der Waals surface area (Å²) in [6.45, 7) is 1.16. The van der Waals surface area contributed by atoms with Gasteiger partial charge in [0, 0.05) is 28.7 Å². The summed E-state index contributed by atoms with van der Waals surface area (Å²) < 4.78 is 8.18. The number of aromatic nitrogens is 4. The van der Waals surface area contributed by atoms with Crippen molar-refractivity contribution >= 4 is 17.5 Å². The highest BCUT2D eigenvalue weighted by Gasteiger charge is 2.37. The van der Waals surface area contributed by atoms with Crippen molar-refractivity contribution in [1.82, 2.24) is 24.6 Å². The quantitative estimate of drug-likeness (QED) is 0.344. The first-order chi connectivity index (χ1) is 17.2. The number of carbonyl (C=O) groups is 1. The molecule has 0 spiro atoms. The summed E-state index contributed by atoms with van der Waals surface area (Å²) in [6, 6.07) is 17.6. The fourth-order valence-corrected chi connectivity index (χ4v) is 4.89. The van der Waals surface area contributed by atoms with E-state index < -0.39 is 0 Å². The third kappa shape index (κ3) is 4.48. The summed E-state index contributed by atoms with van der Waals surface area (Å²) in [7, 11) is 0. The molecule has 1 saturated carbocycles. The number of hydrogen-bond donors (Lipinski definition) is 0. The molecule has 178 valence electrons. The first-order valence-electron chi connectivity index (χ1n) is 12.2. The molecular weight excluding hydrogens is 462 g/mol. The van der Waals surface area contributed by atoms with Crippen molar-refractivity contribution < 1.29 is 9.21 Å². The van der Waals surface area contributed by atoms with Gasteiger partial charge in [0.2, 0.25) is 11.8 Å². The Hall–Kier alpha value is -3.45. The Kier molecular flexibility index (Phi) is 5.86. The van der Waals surface area contributed by atoms with Crippen LogP contribution in [0.1, 0.15) is 54.2 Å². The molecule has 6 rings (SSSR count). The van der Waals surface area contributed by atoms with E-state index in [0.717, 1.165) is 67.7 Å². The van der Waals surface area contributed by atoms with Gasteiger partial charge in [0.05, 0.1) is 12.2 Å². The molecule has 2 aromatic heterocycles. The molecule has 1 amide bonds. The number of fused-ring (bicyclic) bond motifs is 1. The zero-order valence-corrected chi connectivity index (χ0v) is 20.1. The molecule has 1 fully saturated rings. The predicted octanol–water partition coefficient (Wildman–Crippen LogP) is 5.78. The Labute approximate surface area is 208 Å². The summed E-state index contributed by atoms with van der Waals surface area (Å²) in [4.78, 5) is 20.7. The summed E-state index contributed by atoms with van der Waals surface area (Å²) in [6.07, 6.45) is 6.14. The standard InChI is InChI=1S/C27H26ClN5O2/c28-20-12-10-19(11-13-20)26-31-30-23(35-26)17-33(21-14-15-21)27(34)24-22-9-5-2-6-16-32(22)25(29-24)18-7-3-1-4-8-18/h1,3-4,7-8,10-13,21H,2,5-6,9,14-17H2. The molecule has 3 heterocycles. The van der Waals surface area contributed by atoms with Gasteiger partial charge < -0.3 is 13.9 Å². The number of benzene rings is 2. The normalized spacial score (nSPS) is 15.5. The highest BCUT2D eigenvalue weighted by molar-refractivity contribution is 6.30. The van der Waals surface area contributed by atoms with Gasteiger partial charge >= 0.3 is 0 Å². The summed E-state index contributed by atoms with van der Waals surface area (Å²) >= 11 is 5.99. The minimum Gasteiger partial charge on any atom is -0.419 e. The Morgan fingerprint density at radius 3 is 2.57 bits per heavy atom. The lowest BCUT2D eigenvalue weighted by atomic mass is 10.1. The van der Waals surface area contributed by atoms with Crippen molar-refractivity contribution in [3.63, 3.8) is 0 Å². The monoisotopic (exact) mass is 487 g/mol. The van der Waals surface area contributed by atoms with E-state index in [1.807, 2.05) is 35.2 Å². The van der Waals surface area contributed by atoms with E-state index in [1.54, 1.807) is 12.1 Å². The second-order valence-corrected chi connectivity index (χ2v) is 9.67. The van der Waals surface area contributed by atoms with Gasteiger partial charge in [0.15, 0.2) is 0 Å². The number of halogens is 1. The van der Waals surface area contributed by atoms with Gasteiger partial charge in [-0.05, 0) is 56.4 Å². The zero-order chi connectivity index (χ0) is 23.8. The third-order valence-electron chi connectivity index (χ3n) is 6.71. The van der Waals surface area contributed by atoms with E-state index in [0.29, 0.717) is 22.5 Å². The van der Waals surface area contributed by atoms with E-state index in [1.165, 1.54) is 0 Å². The molecule has 4 aromatic rings. The van der Waals surface area contributed by atoms with E-state index in [4.69, 9.17) is 21.0 Å². The predicted molar refractivity (Wildman–Crippen MR) is 133 cm³/mol. The maximum Gasteiger partial charge on any atom is 0.275 e. The Bertz CT molecular complexity index is 1340. The highest BCUT2D eigenvalue weighted by atomic mass is 35.5. The van der Waals surface area contributed by atoms with Crippen LogP contribution in [-0.2, 0) is 19.5 Å². The van der Waals surface area contributed by atoms with Gasteiger partial charge in [-0.2, -0.15) is 0 Å². The Morgan fingerprint density at radius 2 is 1.80 bits per heavy atom. The summed E-state index contributed by atoms with van der Waals surface area (Å²) in [5.74, 6) is 1.67. The van der Waals surface area contributed by atoms with Crippen molar-refractivity contribution in [3.8, 4) is 22.8 Å². The van der Waals surface area contributed by atoms with E-state index >= 15 is 0 Å². The summed E-state index contributed by atoms with van der Waals surface area (Å²) in [5.41, 5.74) is 3.45. The molecule has 2 aromatic carbocycles. The smallest absolute Gasteiger partial charge is 0.275 e. The maximum absolute atomic E-state index is 13.9. The minimum atomic E-state index is -0.0495. The molecule has 2 aliphatic rings. The number of nitrogens with zero attached hydrogens (tertiary/aromatic N) is 5. The molecule has 0 N–H and O–H groups in total. The number of hydrogen-bond acceptors (Lipinski definition) is 5. The second-order valence-electron chi connectivity index (χ2n) is 9.23. The van der Waals surface area contributed by atoms with Crippen LogP contribution in [0.4, 0.5) is 0 Å². The fourth-order valence-electron chi connectivity index (χ4n) is 4.76. The molecule has 8 heteroatoms. The van der Waals surface area contributed by atoms with Gasteiger partial charge in [-0.15, -0.1) is 10.2 Å². The van der Waals surface area contributed by atoms with Crippen molar-refractivity contribution in [3.05, 3.63) is 76.9 Å². The van der Waals surface area contributed by atoms with Gasteiger partial charge in [0.1, 0.15) is 11.5 Å². The van der Waals surface area contributed by atoms with E-state index in [2.05, 4.69) is 26.9 Å². The SMILES string of the molecule is O=C(c1nc(-c2ccccc2)n2c1CCCCC2)N(Cc1nnc(-c2ccc(Cl)cc2)o1)C1CC1. The van der Waals surface area contributed by atoms with Crippen molar-refractivity contribution in [2.24, 2.45) is 0 Å². The minimum absolute atomic E-state index is 0.0495. The second kappa shape index (κ2) is 9.30. The van der Waals surface area contributed by atoms with Crippen LogP contribution in [0.2, 0.25) is 5.02 Å². The fraction of sp³-hybridized carbons (Fsp3) is 0.333. The number of rotatable bonds is 6. The van der Waals surface area contributed by atoms with Gasteiger partial charge in [0.25, 0.3) is 5.91 Å². The lowest BCUT2D eigenvalue weighted by Crippen LogP contribution is -2.33. The number of carbonyl (C=O) groups excluding carboxylic acids is 1. The average Bonchev–Trinajstić information content (AvgIpc) is 3.58. The number of amides is 1. The molecule has 1 aliphatic carbocycles. The van der Waals surface area contributed by atoms with Crippen LogP contribution in [0.3, 0.4) is 0 Å². The van der Waals surface area contributed by atoms with Crippen molar-refractivity contribution in [2.45, 2.75) is 57.7 Å². The Morgan fingerprint density at radius 1 is 1.00 bits per heavy atom. The lowest BCUT2D eigenvalue weighted by Gasteiger charge is -2.20. The molecule has 0 atom stereocenters. The molecule has 7 nitrogen and oxygen atoms in total. The van der Waals surface area contributed by atoms with Crippen LogP contribution in [0.25, 0.3) is 22.8 Å². The molecule has 0 radical (unpaired) electrons. The maximum atomic E-state index is 13.9. The van der Waals surface area contributed by atoms with Crippen LogP contribution >= 0.6 is 11.6 Å². The first kappa shape index (κ1) is 22.0. The van der Waals surface area contributed by atoms with Gasteiger partial charge in [-0.25, -0.2) is 4.98 Å². The molecule has 0 bridgehead atoms. The van der Waals surface area contributed by atoms with Gasteiger partial charge in [-0.3, -0.25) is 4.79 Å². The van der Waals surface area contributed by atoms with Crippen LogP contribution < -0.4 is 0 Å². The van der Waals surface area contributed by atoms with Crippen LogP contribution in [0, 0.1) is 0 Å². The van der Waals surface area contributed by atoms with Gasteiger partial charge in [-0.1, -0.05) is 48.4 Å². The Balaban J connectivity index is 1.31. The number of imidazole rings is 1. The molecule has 1 aliphatic heterocycles. The average molecular weight is 488 g/mol. The van der Waals surface area contributed by atoms with Crippen molar-refractivity contribution in [1.29, 1.82) is 0 Å². The molecule has 0 saturated heterocycles. The molecule has 0 unspecified atom stereocenters. The highest BCUT2D eigenvalue weighted by Crippen LogP contribution is 2.33. The van der Waals surface area contributed by atoms with Crippen LogP contribution in [-0.4, -0.2) is 36.6 Å². The topological polar surface area (TPSA) is 77.1 Å². The summed E-state index contributed by atoms with van der Waals surface area (Å²) in [5, 5.41) is 9.06. The third-order valence-corrected chi connectivity index (χ3v) is 6.97. The van der Waals surface area contributed by atoms with Crippen LogP contribution in [0.15, 0.2) is 59.0 Å². The zero-order valence-electron chi connectivity index (χ0n) is 19.4. The largest absolute Gasteiger partial charge is 0.419 e. The lowest BCUT2D eigenvalue weighted by molar-refractivity contribution is 0.0707. The molecular formula is C27H26ClN5O2. The molecule has 35 heavy (non-hydrogen) atoms. The van der Waals surface area contributed by atoms with E-state index in [9.17, 15) is 4.79 Å². The van der Waals surface area contributed by atoms with E-state index in [-0.39, 0.29) is 18.5 Å². The van der Waals surface area contributed by atoms with Crippen molar-refractivity contribution in [2.75, 3.05) is 0 Å². The first-order valence-corrected chi connectivity index (χ1v) is 12.6. The van der Waals surface area contributed by atoms with Crippen LogP contribution in [0.5, 0.6) is 0 Å².